The fourth-order valence-electron chi connectivity index (χ4n) is 5.05. The second kappa shape index (κ2) is 9.65. The van der Waals surface area contributed by atoms with Gasteiger partial charge in [-0.2, -0.15) is 0 Å². The Kier molecular flexibility index (Phi) is 6.26. The lowest BCUT2D eigenvalue weighted by Gasteiger charge is -2.58. The van der Waals surface area contributed by atoms with Gasteiger partial charge in [0.1, 0.15) is 12.3 Å². The molecule has 0 radical (unpaired) electrons. The number of rotatable bonds is 4. The zero-order chi connectivity index (χ0) is 24.4. The van der Waals surface area contributed by atoms with Crippen LogP contribution in [0.1, 0.15) is 33.0 Å². The topological polar surface area (TPSA) is 70.1 Å². The second-order valence-corrected chi connectivity index (χ2v) is 8.80. The molecule has 0 aliphatic carbocycles. The number of carbonyl (C=O) groups is 2. The molecule has 0 saturated carbocycles. The van der Waals surface area contributed by atoms with E-state index in [0.717, 1.165) is 22.4 Å². The van der Waals surface area contributed by atoms with Crippen molar-refractivity contribution >= 4 is 11.8 Å². The summed E-state index contributed by atoms with van der Waals surface area (Å²) < 4.78 is 5.25. The third kappa shape index (κ3) is 4.39. The van der Waals surface area contributed by atoms with Crippen molar-refractivity contribution in [3.63, 3.8) is 0 Å². The average Bonchev–Trinajstić information content (AvgIpc) is 2.89. The molecule has 2 aliphatic rings. The number of hydrogen-bond acceptors (Lipinski definition) is 4. The van der Waals surface area contributed by atoms with Crippen LogP contribution < -0.4 is 4.74 Å². The standard InChI is InChI=1S/C29H26N2O4/c1-35-24-9-5-6-21(16-24)11-10-20-12-14-22(15-13-20)28-25-17-30(18-27(33)31(25)26(28)19-32)29(34)23-7-3-2-4-8-23/h2-9,12-16,25-26,28,32H,17-19H2,1H3/t25-,26+,28-/m1/s1. The number of amides is 2. The van der Waals surface area contributed by atoms with E-state index in [1.165, 1.54) is 0 Å². The van der Waals surface area contributed by atoms with E-state index in [4.69, 9.17) is 4.74 Å². The number of methoxy groups -OCH3 is 1. The molecular weight excluding hydrogens is 440 g/mol. The van der Waals surface area contributed by atoms with E-state index >= 15 is 0 Å². The Morgan fingerprint density at radius 3 is 2.46 bits per heavy atom. The average molecular weight is 467 g/mol. The van der Waals surface area contributed by atoms with Gasteiger partial charge in [0.05, 0.1) is 25.8 Å². The van der Waals surface area contributed by atoms with E-state index < -0.39 is 0 Å². The minimum absolute atomic E-state index is 0.0340. The number of nitrogens with zero attached hydrogens (tertiary/aromatic N) is 2. The molecular formula is C29H26N2O4. The first kappa shape index (κ1) is 22.7. The molecule has 0 unspecified atom stereocenters. The van der Waals surface area contributed by atoms with Gasteiger partial charge in [-0.05, 0) is 48.0 Å². The van der Waals surface area contributed by atoms with Crippen molar-refractivity contribution in [2.45, 2.75) is 18.0 Å². The van der Waals surface area contributed by atoms with E-state index in [2.05, 4.69) is 11.8 Å². The monoisotopic (exact) mass is 466 g/mol. The van der Waals surface area contributed by atoms with E-state index in [1.54, 1.807) is 29.0 Å². The number of ether oxygens (including phenoxy) is 1. The van der Waals surface area contributed by atoms with E-state index in [0.29, 0.717) is 12.1 Å². The molecule has 2 fully saturated rings. The molecule has 3 atom stereocenters. The molecule has 6 heteroatoms. The summed E-state index contributed by atoms with van der Waals surface area (Å²) in [6, 6.07) is 24.1. The Morgan fingerprint density at radius 1 is 1.00 bits per heavy atom. The predicted octanol–water partition coefficient (Wildman–Crippen LogP) is 2.91. The number of hydrogen-bond donors (Lipinski definition) is 1. The largest absolute Gasteiger partial charge is 0.497 e. The van der Waals surface area contributed by atoms with Crippen molar-refractivity contribution in [3.8, 4) is 17.6 Å². The summed E-state index contributed by atoms with van der Waals surface area (Å²) >= 11 is 0. The van der Waals surface area contributed by atoms with Crippen LogP contribution in [0.5, 0.6) is 5.75 Å². The predicted molar refractivity (Wildman–Crippen MR) is 132 cm³/mol. The maximum Gasteiger partial charge on any atom is 0.254 e. The number of benzene rings is 3. The zero-order valence-corrected chi connectivity index (χ0v) is 19.4. The van der Waals surface area contributed by atoms with Crippen LogP contribution in [0, 0.1) is 11.8 Å². The molecule has 176 valence electrons. The highest BCUT2D eigenvalue weighted by Crippen LogP contribution is 2.43. The second-order valence-electron chi connectivity index (χ2n) is 8.80. The molecule has 1 N–H and O–H groups in total. The van der Waals surface area contributed by atoms with Crippen molar-refractivity contribution in [1.29, 1.82) is 0 Å². The summed E-state index contributed by atoms with van der Waals surface area (Å²) in [6.45, 7) is 0.362. The van der Waals surface area contributed by atoms with Gasteiger partial charge in [-0.3, -0.25) is 9.59 Å². The summed E-state index contributed by atoms with van der Waals surface area (Å²) in [4.78, 5) is 29.2. The lowest BCUT2D eigenvalue weighted by molar-refractivity contribution is -0.159. The Bertz CT molecular complexity index is 1290. The third-order valence-corrected chi connectivity index (χ3v) is 6.78. The van der Waals surface area contributed by atoms with Crippen LogP contribution in [0.25, 0.3) is 0 Å². The molecule has 6 nitrogen and oxygen atoms in total. The van der Waals surface area contributed by atoms with Gasteiger partial charge < -0.3 is 19.6 Å². The maximum atomic E-state index is 13.0. The van der Waals surface area contributed by atoms with Crippen LogP contribution in [-0.2, 0) is 4.79 Å². The lowest BCUT2D eigenvalue weighted by atomic mass is 9.73. The van der Waals surface area contributed by atoms with Gasteiger partial charge in [-0.15, -0.1) is 0 Å². The molecule has 0 spiro atoms. The van der Waals surface area contributed by atoms with Gasteiger partial charge >= 0.3 is 0 Å². The van der Waals surface area contributed by atoms with Crippen LogP contribution in [0.3, 0.4) is 0 Å². The molecule has 2 aliphatic heterocycles. The molecule has 0 bridgehead atoms. The fourth-order valence-corrected chi connectivity index (χ4v) is 5.05. The van der Waals surface area contributed by atoms with Crippen molar-refractivity contribution in [3.05, 3.63) is 101 Å². The SMILES string of the molecule is COc1cccc(C#Cc2ccc([C@@H]3[C@H]4CN(C(=O)c5ccccc5)CC(=O)N4[C@H]3CO)cc2)c1. The van der Waals surface area contributed by atoms with Gasteiger partial charge in [0.25, 0.3) is 5.91 Å². The highest BCUT2D eigenvalue weighted by molar-refractivity contribution is 5.97. The quantitative estimate of drug-likeness (QED) is 0.601. The van der Waals surface area contributed by atoms with Gasteiger partial charge in [-0.1, -0.05) is 48.2 Å². The Morgan fingerprint density at radius 2 is 1.74 bits per heavy atom. The smallest absolute Gasteiger partial charge is 0.254 e. The summed E-state index contributed by atoms with van der Waals surface area (Å²) in [5, 5.41) is 10.0. The van der Waals surface area contributed by atoms with Crippen LogP contribution in [0.4, 0.5) is 0 Å². The molecule has 3 aromatic rings. The number of fused-ring (bicyclic) bond motifs is 1. The van der Waals surface area contributed by atoms with Crippen LogP contribution >= 0.6 is 0 Å². The first-order valence-corrected chi connectivity index (χ1v) is 11.6. The van der Waals surface area contributed by atoms with Crippen molar-refractivity contribution in [1.82, 2.24) is 9.80 Å². The van der Waals surface area contributed by atoms with Crippen molar-refractivity contribution < 1.29 is 19.4 Å². The van der Waals surface area contributed by atoms with Gasteiger partial charge in [-0.25, -0.2) is 0 Å². The molecule has 5 rings (SSSR count). The van der Waals surface area contributed by atoms with E-state index in [9.17, 15) is 14.7 Å². The first-order chi connectivity index (χ1) is 17.1. The fraction of sp³-hybridized carbons (Fsp3) is 0.241. The summed E-state index contributed by atoms with van der Waals surface area (Å²) in [5.41, 5.74) is 3.34. The minimum Gasteiger partial charge on any atom is -0.497 e. The Hall–Kier alpha value is -4.08. The van der Waals surface area contributed by atoms with Crippen LogP contribution in [0.2, 0.25) is 0 Å². The maximum absolute atomic E-state index is 13.0. The molecule has 0 aromatic heterocycles. The third-order valence-electron chi connectivity index (χ3n) is 6.78. The molecule has 3 aromatic carbocycles. The van der Waals surface area contributed by atoms with Gasteiger partial charge in [0, 0.05) is 29.2 Å². The van der Waals surface area contributed by atoms with E-state index in [-0.39, 0.29) is 43.0 Å². The first-order valence-electron chi connectivity index (χ1n) is 11.6. The lowest BCUT2D eigenvalue weighted by Crippen LogP contribution is -2.73. The highest BCUT2D eigenvalue weighted by Gasteiger charge is 2.54. The number of aliphatic hydroxyl groups excluding tert-OH is 1. The zero-order valence-electron chi connectivity index (χ0n) is 19.4. The highest BCUT2D eigenvalue weighted by atomic mass is 16.5. The molecule has 35 heavy (non-hydrogen) atoms. The molecule has 2 saturated heterocycles. The van der Waals surface area contributed by atoms with Crippen LogP contribution in [0.15, 0.2) is 78.9 Å². The normalized spacial score (nSPS) is 20.9. The number of carbonyl (C=O) groups excluding carboxylic acids is 2. The Balaban J connectivity index is 1.34. The number of piperazine rings is 1. The van der Waals surface area contributed by atoms with Gasteiger partial charge in [0.15, 0.2) is 0 Å². The summed E-state index contributed by atoms with van der Waals surface area (Å²) in [7, 11) is 1.63. The minimum atomic E-state index is -0.282. The van der Waals surface area contributed by atoms with E-state index in [1.807, 2.05) is 66.7 Å². The molecule has 2 heterocycles. The molecule has 2 amide bonds. The van der Waals surface area contributed by atoms with Gasteiger partial charge in [0.2, 0.25) is 5.91 Å². The van der Waals surface area contributed by atoms with Crippen LogP contribution in [-0.4, -0.2) is 65.6 Å². The number of aliphatic hydroxyl groups is 1. The van der Waals surface area contributed by atoms with Crippen molar-refractivity contribution in [2.24, 2.45) is 0 Å². The van der Waals surface area contributed by atoms with Crippen molar-refractivity contribution in [2.75, 3.05) is 26.8 Å². The summed E-state index contributed by atoms with van der Waals surface area (Å²) in [6.07, 6.45) is 0. The summed E-state index contributed by atoms with van der Waals surface area (Å²) in [5.74, 6) is 6.77. The Labute approximate surface area is 204 Å².